The highest BCUT2D eigenvalue weighted by Gasteiger charge is 2.75. The van der Waals surface area contributed by atoms with Gasteiger partial charge < -0.3 is 9.47 Å². The van der Waals surface area contributed by atoms with Gasteiger partial charge >= 0.3 is 5.97 Å². The number of epoxide rings is 1. The summed E-state index contributed by atoms with van der Waals surface area (Å²) in [6, 6.07) is 0. The lowest BCUT2D eigenvalue weighted by atomic mass is 9.62. The third-order valence-electron chi connectivity index (χ3n) is 4.42. The maximum atomic E-state index is 11.1. The fourth-order valence-corrected chi connectivity index (χ4v) is 3.72. The summed E-state index contributed by atoms with van der Waals surface area (Å²) in [6.07, 6.45) is 4.43. The second-order valence-corrected chi connectivity index (χ2v) is 6.18. The molecule has 1 aliphatic heterocycles. The van der Waals surface area contributed by atoms with E-state index in [9.17, 15) is 4.79 Å². The van der Waals surface area contributed by atoms with Gasteiger partial charge in [-0.1, -0.05) is 19.9 Å². The molecule has 1 aliphatic carbocycles. The highest BCUT2D eigenvalue weighted by atomic mass is 16.6. The van der Waals surface area contributed by atoms with E-state index in [2.05, 4.69) is 27.4 Å². The van der Waals surface area contributed by atoms with Crippen LogP contribution in [0.25, 0.3) is 0 Å². The lowest BCUT2D eigenvalue weighted by molar-refractivity contribution is -0.150. The lowest BCUT2D eigenvalue weighted by Gasteiger charge is -2.41. The first-order chi connectivity index (χ1) is 7.76. The largest absolute Gasteiger partial charge is 0.462 e. The van der Waals surface area contributed by atoms with Gasteiger partial charge in [0.2, 0.25) is 0 Å². The van der Waals surface area contributed by atoms with Crippen LogP contribution in [-0.2, 0) is 14.3 Å². The van der Waals surface area contributed by atoms with Gasteiger partial charge in [0.05, 0.1) is 5.60 Å². The van der Waals surface area contributed by atoms with Gasteiger partial charge in [-0.2, -0.15) is 0 Å². The molecule has 1 heterocycles. The first kappa shape index (κ1) is 12.6. The zero-order valence-corrected chi connectivity index (χ0v) is 11.2. The second kappa shape index (κ2) is 3.58. The van der Waals surface area contributed by atoms with Gasteiger partial charge in [0.15, 0.2) is 0 Å². The van der Waals surface area contributed by atoms with Crippen LogP contribution in [0.4, 0.5) is 0 Å². The molecule has 0 bridgehead atoms. The molecule has 0 spiro atoms. The standard InChI is InChI=1S/C14H22O3/c1-6-7-14-12(3,4)8-11(16-10(2)15)9-13(14,5)17-14/h6,11H,1,7-9H2,2-5H3/t11-,13+,14-/m0/s1. The molecule has 3 heteroatoms. The average molecular weight is 238 g/mol. The van der Waals surface area contributed by atoms with Crippen LogP contribution < -0.4 is 0 Å². The van der Waals surface area contributed by atoms with Crippen LogP contribution in [0.3, 0.4) is 0 Å². The van der Waals surface area contributed by atoms with Crippen molar-refractivity contribution >= 4 is 5.97 Å². The molecule has 0 aromatic rings. The minimum atomic E-state index is -0.203. The summed E-state index contributed by atoms with van der Waals surface area (Å²) in [5.41, 5.74) is -0.268. The zero-order chi connectivity index (χ0) is 12.9. The van der Waals surface area contributed by atoms with Crippen molar-refractivity contribution in [2.45, 2.75) is 64.3 Å². The van der Waals surface area contributed by atoms with Crippen molar-refractivity contribution < 1.29 is 14.3 Å². The Morgan fingerprint density at radius 3 is 2.59 bits per heavy atom. The lowest BCUT2D eigenvalue weighted by Crippen LogP contribution is -2.48. The fraction of sp³-hybridized carbons (Fsp3) is 0.786. The first-order valence-corrected chi connectivity index (χ1v) is 6.25. The Morgan fingerprint density at radius 1 is 1.47 bits per heavy atom. The van der Waals surface area contributed by atoms with E-state index in [0.29, 0.717) is 0 Å². The number of hydrogen-bond acceptors (Lipinski definition) is 3. The van der Waals surface area contributed by atoms with Gasteiger partial charge in [0.25, 0.3) is 0 Å². The molecule has 2 rings (SSSR count). The van der Waals surface area contributed by atoms with Gasteiger partial charge in [0, 0.05) is 18.8 Å². The van der Waals surface area contributed by atoms with Crippen molar-refractivity contribution in [2.75, 3.05) is 0 Å². The maximum absolute atomic E-state index is 11.1. The Hall–Kier alpha value is -0.830. The number of carbonyl (C=O) groups is 1. The van der Waals surface area contributed by atoms with Gasteiger partial charge in [0.1, 0.15) is 11.7 Å². The minimum Gasteiger partial charge on any atom is -0.462 e. The summed E-state index contributed by atoms with van der Waals surface area (Å²) in [5.74, 6) is -0.203. The summed E-state index contributed by atoms with van der Waals surface area (Å²) < 4.78 is 11.4. The van der Waals surface area contributed by atoms with E-state index in [4.69, 9.17) is 9.47 Å². The number of esters is 1. The van der Waals surface area contributed by atoms with Crippen LogP contribution in [0.5, 0.6) is 0 Å². The molecule has 3 nitrogen and oxygen atoms in total. The number of rotatable bonds is 3. The predicted molar refractivity (Wildman–Crippen MR) is 65.6 cm³/mol. The first-order valence-electron chi connectivity index (χ1n) is 6.25. The normalized spacial score (nSPS) is 42.5. The number of carbonyl (C=O) groups excluding carboxylic acids is 1. The fourth-order valence-electron chi connectivity index (χ4n) is 3.72. The van der Waals surface area contributed by atoms with Crippen molar-refractivity contribution in [1.82, 2.24) is 0 Å². The molecule has 17 heavy (non-hydrogen) atoms. The maximum Gasteiger partial charge on any atom is 0.302 e. The zero-order valence-electron chi connectivity index (χ0n) is 11.2. The quantitative estimate of drug-likeness (QED) is 0.431. The van der Waals surface area contributed by atoms with Crippen molar-refractivity contribution in [2.24, 2.45) is 5.41 Å². The minimum absolute atomic E-state index is 0.00824. The molecule has 0 N–H and O–H groups in total. The molecule has 1 saturated carbocycles. The topological polar surface area (TPSA) is 38.8 Å². The Morgan fingerprint density at radius 2 is 2.12 bits per heavy atom. The summed E-state index contributed by atoms with van der Waals surface area (Å²) in [4.78, 5) is 11.1. The molecule has 0 amide bonds. The smallest absolute Gasteiger partial charge is 0.302 e. The van der Waals surface area contributed by atoms with E-state index >= 15 is 0 Å². The van der Waals surface area contributed by atoms with Crippen LogP contribution in [0, 0.1) is 5.41 Å². The molecule has 2 aliphatic rings. The molecular weight excluding hydrogens is 216 g/mol. The summed E-state index contributed by atoms with van der Waals surface area (Å²) in [7, 11) is 0. The molecule has 0 unspecified atom stereocenters. The predicted octanol–water partition coefficient (Wildman–Crippen LogP) is 2.84. The molecule has 2 fully saturated rings. The molecule has 96 valence electrons. The monoisotopic (exact) mass is 238 g/mol. The van der Waals surface area contributed by atoms with Crippen molar-refractivity contribution in [1.29, 1.82) is 0 Å². The van der Waals surface area contributed by atoms with E-state index in [1.807, 2.05) is 6.08 Å². The number of fused-ring (bicyclic) bond motifs is 1. The van der Waals surface area contributed by atoms with E-state index in [0.717, 1.165) is 19.3 Å². The van der Waals surface area contributed by atoms with Crippen molar-refractivity contribution in [3.8, 4) is 0 Å². The summed E-state index contributed by atoms with van der Waals surface area (Å²) in [6.45, 7) is 11.8. The highest BCUT2D eigenvalue weighted by Crippen LogP contribution is 2.67. The Kier molecular flexibility index (Phi) is 2.66. The molecular formula is C14H22O3. The van der Waals surface area contributed by atoms with Gasteiger partial charge in [-0.25, -0.2) is 0 Å². The highest BCUT2D eigenvalue weighted by molar-refractivity contribution is 5.66. The molecule has 3 atom stereocenters. The summed E-state index contributed by atoms with van der Waals surface area (Å²) >= 11 is 0. The third-order valence-corrected chi connectivity index (χ3v) is 4.42. The number of hydrogen-bond donors (Lipinski definition) is 0. The molecule has 0 aromatic heterocycles. The number of ether oxygens (including phenoxy) is 2. The van der Waals surface area contributed by atoms with Crippen molar-refractivity contribution in [3.05, 3.63) is 12.7 Å². The Labute approximate surface area is 103 Å². The molecule has 1 saturated heterocycles. The van der Waals surface area contributed by atoms with Crippen LogP contribution in [0.15, 0.2) is 12.7 Å². The van der Waals surface area contributed by atoms with Crippen LogP contribution >= 0.6 is 0 Å². The van der Waals surface area contributed by atoms with Crippen molar-refractivity contribution in [3.63, 3.8) is 0 Å². The van der Waals surface area contributed by atoms with Gasteiger partial charge in [-0.15, -0.1) is 6.58 Å². The Bertz CT molecular complexity index is 360. The van der Waals surface area contributed by atoms with E-state index in [1.54, 1.807) is 0 Å². The van der Waals surface area contributed by atoms with Crippen LogP contribution in [0.1, 0.15) is 47.0 Å². The van der Waals surface area contributed by atoms with Crippen LogP contribution in [0.2, 0.25) is 0 Å². The van der Waals surface area contributed by atoms with Gasteiger partial charge in [-0.3, -0.25) is 4.79 Å². The average Bonchev–Trinajstić information content (AvgIpc) is 2.70. The van der Waals surface area contributed by atoms with Crippen LogP contribution in [-0.4, -0.2) is 23.3 Å². The van der Waals surface area contributed by atoms with E-state index in [-0.39, 0.29) is 28.7 Å². The summed E-state index contributed by atoms with van der Waals surface area (Å²) in [5, 5.41) is 0. The molecule has 0 aromatic carbocycles. The van der Waals surface area contributed by atoms with E-state index < -0.39 is 0 Å². The second-order valence-electron chi connectivity index (χ2n) is 6.18. The van der Waals surface area contributed by atoms with Gasteiger partial charge in [-0.05, 0) is 19.8 Å². The SMILES string of the molecule is C=CC[C@@]12O[C@]1(C)C[C@@H](OC(C)=O)CC2(C)C. The van der Waals surface area contributed by atoms with E-state index in [1.165, 1.54) is 6.92 Å². The third kappa shape index (κ3) is 1.71. The Balaban J connectivity index is 2.19. The molecule has 0 radical (unpaired) electrons.